The molecule has 0 amide bonds. The van der Waals surface area contributed by atoms with E-state index in [4.69, 9.17) is 15.0 Å². The van der Waals surface area contributed by atoms with Gasteiger partial charge in [-0.2, -0.15) is 0 Å². The smallest absolute Gasteiger partial charge is 0.164 e. The zero-order valence-electron chi connectivity index (χ0n) is 29.6. The SMILES string of the molecule is c1ccc(-c2nc(-c3ccc(-c4ccc5c(c4)sc4ccccc45)cc3)nc(-c3ccc(-c4c5ccccc5cc5c4ccc4ccccc45)cc3)n2)cc1. The number of hydrogen-bond acceptors (Lipinski definition) is 4. The second-order valence-electron chi connectivity index (χ2n) is 14.0. The summed E-state index contributed by atoms with van der Waals surface area (Å²) in [6.45, 7) is 0. The molecule has 256 valence electrons. The van der Waals surface area contributed by atoms with Crippen LogP contribution in [0.1, 0.15) is 0 Å². The first-order valence-electron chi connectivity index (χ1n) is 18.5. The molecule has 11 rings (SSSR count). The summed E-state index contributed by atoms with van der Waals surface area (Å²) < 4.78 is 2.61. The van der Waals surface area contributed by atoms with Gasteiger partial charge in [-0.3, -0.25) is 0 Å². The van der Waals surface area contributed by atoms with E-state index in [0.29, 0.717) is 17.5 Å². The Hall–Kier alpha value is -7.01. The molecule has 0 radical (unpaired) electrons. The molecule has 0 bridgehead atoms. The van der Waals surface area contributed by atoms with Gasteiger partial charge >= 0.3 is 0 Å². The molecule has 2 aromatic heterocycles. The van der Waals surface area contributed by atoms with Gasteiger partial charge in [0.15, 0.2) is 17.5 Å². The van der Waals surface area contributed by atoms with Gasteiger partial charge in [0.2, 0.25) is 0 Å². The monoisotopic (exact) mass is 717 g/mol. The van der Waals surface area contributed by atoms with Crippen molar-refractivity contribution in [1.82, 2.24) is 15.0 Å². The van der Waals surface area contributed by atoms with Gasteiger partial charge in [0.05, 0.1) is 0 Å². The highest BCUT2D eigenvalue weighted by molar-refractivity contribution is 7.25. The van der Waals surface area contributed by atoms with Gasteiger partial charge < -0.3 is 0 Å². The summed E-state index contributed by atoms with van der Waals surface area (Å²) in [5, 5.41) is 10.1. The maximum Gasteiger partial charge on any atom is 0.164 e. The molecule has 0 saturated heterocycles. The minimum atomic E-state index is 0.642. The van der Waals surface area contributed by atoms with Gasteiger partial charge in [-0.15, -0.1) is 11.3 Å². The van der Waals surface area contributed by atoms with Gasteiger partial charge in [-0.1, -0.05) is 170 Å². The average molecular weight is 718 g/mol. The molecule has 0 aliphatic carbocycles. The summed E-state index contributed by atoms with van der Waals surface area (Å²) >= 11 is 1.84. The Morgan fingerprint density at radius 2 is 0.782 bits per heavy atom. The fraction of sp³-hybridized carbons (Fsp3) is 0. The van der Waals surface area contributed by atoms with E-state index in [9.17, 15) is 0 Å². The van der Waals surface area contributed by atoms with Crippen LogP contribution < -0.4 is 0 Å². The Labute approximate surface area is 321 Å². The third-order valence-corrected chi connectivity index (χ3v) is 11.9. The largest absolute Gasteiger partial charge is 0.208 e. The van der Waals surface area contributed by atoms with Gasteiger partial charge in [0.25, 0.3) is 0 Å². The van der Waals surface area contributed by atoms with E-state index in [1.807, 2.05) is 29.5 Å². The molecule has 0 N–H and O–H groups in total. The average Bonchev–Trinajstić information content (AvgIpc) is 3.64. The third kappa shape index (κ3) is 5.46. The first kappa shape index (κ1) is 31.5. The van der Waals surface area contributed by atoms with Crippen molar-refractivity contribution in [3.8, 4) is 56.4 Å². The van der Waals surface area contributed by atoms with E-state index < -0.39 is 0 Å². The Bertz CT molecular complexity index is 3240. The van der Waals surface area contributed by atoms with E-state index in [1.54, 1.807) is 0 Å². The van der Waals surface area contributed by atoms with Crippen molar-refractivity contribution in [2.75, 3.05) is 0 Å². The van der Waals surface area contributed by atoms with E-state index in [0.717, 1.165) is 27.8 Å². The summed E-state index contributed by atoms with van der Waals surface area (Å²) in [6, 6.07) is 67.0. The van der Waals surface area contributed by atoms with Gasteiger partial charge in [-0.25, -0.2) is 15.0 Å². The topological polar surface area (TPSA) is 38.7 Å². The molecule has 0 atom stereocenters. The number of rotatable bonds is 5. The molecule has 55 heavy (non-hydrogen) atoms. The molecule has 0 aliphatic heterocycles. The van der Waals surface area contributed by atoms with Crippen LogP contribution in [0.3, 0.4) is 0 Å². The second-order valence-corrected chi connectivity index (χ2v) is 15.1. The van der Waals surface area contributed by atoms with Crippen molar-refractivity contribution in [3.05, 3.63) is 188 Å². The summed E-state index contributed by atoms with van der Waals surface area (Å²) in [5.74, 6) is 1.94. The quantitative estimate of drug-likeness (QED) is 0.131. The molecule has 4 heteroatoms. The van der Waals surface area contributed by atoms with Gasteiger partial charge in [0.1, 0.15) is 0 Å². The van der Waals surface area contributed by atoms with E-state index >= 15 is 0 Å². The Morgan fingerprint density at radius 3 is 1.51 bits per heavy atom. The van der Waals surface area contributed by atoms with Crippen LogP contribution in [0, 0.1) is 0 Å². The molecule has 0 fully saturated rings. The number of nitrogens with zero attached hydrogens (tertiary/aromatic N) is 3. The molecule has 11 aromatic rings. The van der Waals surface area contributed by atoms with Crippen LogP contribution in [0.4, 0.5) is 0 Å². The van der Waals surface area contributed by atoms with Crippen molar-refractivity contribution < 1.29 is 0 Å². The highest BCUT2D eigenvalue weighted by Crippen LogP contribution is 2.40. The molecule has 0 saturated carbocycles. The highest BCUT2D eigenvalue weighted by atomic mass is 32.1. The summed E-state index contributed by atoms with van der Waals surface area (Å²) in [6.07, 6.45) is 0. The zero-order valence-corrected chi connectivity index (χ0v) is 30.5. The van der Waals surface area contributed by atoms with Crippen LogP contribution in [-0.4, -0.2) is 15.0 Å². The summed E-state index contributed by atoms with van der Waals surface area (Å²) in [4.78, 5) is 15.1. The lowest BCUT2D eigenvalue weighted by molar-refractivity contribution is 1.07. The molecule has 3 nitrogen and oxygen atoms in total. The first-order chi connectivity index (χ1) is 27.2. The van der Waals surface area contributed by atoms with Crippen LogP contribution >= 0.6 is 11.3 Å². The molecule has 2 heterocycles. The molecule has 0 aliphatic rings. The third-order valence-electron chi connectivity index (χ3n) is 10.7. The normalized spacial score (nSPS) is 11.6. The van der Waals surface area contributed by atoms with E-state index in [-0.39, 0.29) is 0 Å². The lowest BCUT2D eigenvalue weighted by Crippen LogP contribution is -2.00. The van der Waals surface area contributed by atoms with Gasteiger partial charge in [0, 0.05) is 36.9 Å². The molecular weight excluding hydrogens is 687 g/mol. The highest BCUT2D eigenvalue weighted by Gasteiger charge is 2.16. The fourth-order valence-corrected chi connectivity index (χ4v) is 9.13. The van der Waals surface area contributed by atoms with Crippen molar-refractivity contribution >= 4 is 63.8 Å². The lowest BCUT2D eigenvalue weighted by Gasteiger charge is -2.14. The molecule has 9 aromatic carbocycles. The van der Waals surface area contributed by atoms with E-state index in [1.165, 1.54) is 63.6 Å². The Balaban J connectivity index is 0.994. The molecular formula is C51H31N3S. The van der Waals surface area contributed by atoms with Gasteiger partial charge in [-0.05, 0) is 72.8 Å². The Morgan fingerprint density at radius 1 is 0.273 bits per heavy atom. The Kier molecular flexibility index (Phi) is 7.35. The van der Waals surface area contributed by atoms with Crippen molar-refractivity contribution in [2.45, 2.75) is 0 Å². The lowest BCUT2D eigenvalue weighted by atomic mass is 9.89. The number of thiophene rings is 1. The van der Waals surface area contributed by atoms with Crippen LogP contribution in [0.25, 0.3) is 109 Å². The number of fused-ring (bicyclic) bond motifs is 7. The minimum absolute atomic E-state index is 0.642. The zero-order chi connectivity index (χ0) is 36.3. The predicted octanol–water partition coefficient (Wildman–Crippen LogP) is 14.0. The maximum absolute atomic E-state index is 5.08. The minimum Gasteiger partial charge on any atom is -0.208 e. The summed E-state index contributed by atoms with van der Waals surface area (Å²) in [5.41, 5.74) is 7.57. The second kappa shape index (κ2) is 12.8. The predicted molar refractivity (Wildman–Crippen MR) is 232 cm³/mol. The number of hydrogen-bond donors (Lipinski definition) is 0. The first-order valence-corrected chi connectivity index (χ1v) is 19.3. The number of benzene rings is 9. The van der Waals surface area contributed by atoms with Crippen LogP contribution in [0.15, 0.2) is 188 Å². The van der Waals surface area contributed by atoms with Crippen LogP contribution in [-0.2, 0) is 0 Å². The number of aromatic nitrogens is 3. The molecule has 0 spiro atoms. The van der Waals surface area contributed by atoms with Crippen molar-refractivity contribution in [3.63, 3.8) is 0 Å². The van der Waals surface area contributed by atoms with Crippen LogP contribution in [0.5, 0.6) is 0 Å². The van der Waals surface area contributed by atoms with Crippen molar-refractivity contribution in [1.29, 1.82) is 0 Å². The summed E-state index contributed by atoms with van der Waals surface area (Å²) in [7, 11) is 0. The van der Waals surface area contributed by atoms with E-state index in [2.05, 4.69) is 170 Å². The maximum atomic E-state index is 5.08. The molecule has 0 unspecified atom stereocenters. The van der Waals surface area contributed by atoms with Crippen molar-refractivity contribution in [2.24, 2.45) is 0 Å². The fourth-order valence-electron chi connectivity index (χ4n) is 7.98. The standard InChI is InChI=1S/C51H31N3S/c1-2-11-35(12-3-1)49-52-50(36-22-18-32(19-23-36)38-27-28-43-42-16-8-9-17-46(42)55-47(43)31-38)54-51(53-49)37-24-20-34(21-25-37)48-41-15-7-5-13-39(41)30-45-40-14-6-4-10-33(40)26-29-44(45)48/h1-31H. The van der Waals surface area contributed by atoms with Crippen LogP contribution in [0.2, 0.25) is 0 Å².